The Labute approximate surface area is 232 Å². The summed E-state index contributed by atoms with van der Waals surface area (Å²) in [4.78, 5) is 53.1. The molecule has 1 rings (SSSR count). The van der Waals surface area contributed by atoms with Crippen molar-refractivity contribution in [3.63, 3.8) is 0 Å². The summed E-state index contributed by atoms with van der Waals surface area (Å²) < 4.78 is 10.2. The van der Waals surface area contributed by atoms with Crippen LogP contribution in [0.4, 0.5) is 4.79 Å². The number of ether oxygens (including phenoxy) is 2. The zero-order valence-electron chi connectivity index (χ0n) is 24.6. The number of aryl methyl sites for hydroxylation is 2. The van der Waals surface area contributed by atoms with Gasteiger partial charge in [0, 0.05) is 13.1 Å². The van der Waals surface area contributed by atoms with Gasteiger partial charge in [0.15, 0.2) is 0 Å². The molecule has 0 heterocycles. The molecule has 2 unspecified atom stereocenters. The number of alkyl carbamates (subject to hydrolysis) is 1. The summed E-state index contributed by atoms with van der Waals surface area (Å²) in [6.07, 6.45) is 2.56. The molecule has 0 bridgehead atoms. The molecule has 0 saturated carbocycles. The quantitative estimate of drug-likeness (QED) is 0.224. The summed E-state index contributed by atoms with van der Waals surface area (Å²) in [6.45, 7) is 12.5. The summed E-state index contributed by atoms with van der Waals surface area (Å²) in [5.74, 6) is -1.51. The van der Waals surface area contributed by atoms with E-state index in [0.717, 1.165) is 30.4 Å². The van der Waals surface area contributed by atoms with Gasteiger partial charge in [-0.3, -0.25) is 14.4 Å². The van der Waals surface area contributed by atoms with Crippen molar-refractivity contribution < 1.29 is 33.8 Å². The smallest absolute Gasteiger partial charge is 0.408 e. The lowest BCUT2D eigenvalue weighted by atomic mass is 9.98. The number of carbonyl (C=O) groups excluding carboxylic acids is 4. The molecule has 0 spiro atoms. The molecular weight excluding hydrogens is 502 g/mol. The molecule has 1 aromatic carbocycles. The zero-order chi connectivity index (χ0) is 29.6. The number of esters is 1. The minimum absolute atomic E-state index is 0.0109. The Hall–Kier alpha value is -3.14. The number of nitrogens with zero attached hydrogens (tertiary/aromatic N) is 1. The maximum Gasteiger partial charge on any atom is 0.408 e. The van der Waals surface area contributed by atoms with Gasteiger partial charge < -0.3 is 30.1 Å². The Morgan fingerprint density at radius 3 is 2.18 bits per heavy atom. The number of hydrogen-bond donors (Lipinski definition) is 3. The van der Waals surface area contributed by atoms with Crippen LogP contribution in [-0.4, -0.2) is 71.8 Å². The minimum Gasteiger partial charge on any atom is -0.466 e. The van der Waals surface area contributed by atoms with Crippen molar-refractivity contribution in [1.82, 2.24) is 15.5 Å². The number of nitrogens with one attached hydrogen (secondary N) is 2. The maximum atomic E-state index is 13.8. The van der Waals surface area contributed by atoms with Gasteiger partial charge in [-0.05, 0) is 53.5 Å². The Morgan fingerprint density at radius 1 is 1.00 bits per heavy atom. The molecule has 0 aliphatic heterocycles. The molecule has 0 fully saturated rings. The number of benzene rings is 1. The van der Waals surface area contributed by atoms with Crippen LogP contribution in [0.2, 0.25) is 0 Å². The molecule has 0 aromatic heterocycles. The van der Waals surface area contributed by atoms with E-state index in [1.165, 1.54) is 4.90 Å². The molecule has 3 amide bonds. The third kappa shape index (κ3) is 12.5. The molecular formula is C29H47N3O7. The van der Waals surface area contributed by atoms with Crippen LogP contribution in [0.1, 0.15) is 89.5 Å². The highest BCUT2D eigenvalue weighted by atomic mass is 16.6. The summed E-state index contributed by atoms with van der Waals surface area (Å²) in [5.41, 5.74) is 1.63. The second-order valence-electron chi connectivity index (χ2n) is 10.6. The molecule has 220 valence electrons. The Bertz CT molecular complexity index is 938. The van der Waals surface area contributed by atoms with E-state index in [-0.39, 0.29) is 26.1 Å². The summed E-state index contributed by atoms with van der Waals surface area (Å²) in [5, 5.41) is 15.3. The Balaban J connectivity index is 3.40. The molecule has 1 aromatic rings. The first-order chi connectivity index (χ1) is 18.3. The van der Waals surface area contributed by atoms with Gasteiger partial charge in [-0.2, -0.15) is 0 Å². The first-order valence-electron chi connectivity index (χ1n) is 13.7. The van der Waals surface area contributed by atoms with Gasteiger partial charge in [-0.25, -0.2) is 4.79 Å². The van der Waals surface area contributed by atoms with Crippen LogP contribution in [0.5, 0.6) is 0 Å². The number of aliphatic hydroxyl groups is 1. The van der Waals surface area contributed by atoms with Crippen molar-refractivity contribution in [3.05, 3.63) is 34.9 Å². The summed E-state index contributed by atoms with van der Waals surface area (Å²) in [7, 11) is 0. The second-order valence-corrected chi connectivity index (χ2v) is 10.6. The van der Waals surface area contributed by atoms with Crippen molar-refractivity contribution in [2.24, 2.45) is 0 Å². The fourth-order valence-electron chi connectivity index (χ4n) is 4.17. The van der Waals surface area contributed by atoms with Crippen molar-refractivity contribution in [2.75, 3.05) is 26.3 Å². The van der Waals surface area contributed by atoms with E-state index in [9.17, 15) is 24.3 Å². The molecule has 0 saturated heterocycles. The van der Waals surface area contributed by atoms with E-state index in [2.05, 4.69) is 17.6 Å². The van der Waals surface area contributed by atoms with Crippen LogP contribution >= 0.6 is 0 Å². The summed E-state index contributed by atoms with van der Waals surface area (Å²) >= 11 is 0. The third-order valence-electron chi connectivity index (χ3n) is 5.76. The number of aliphatic hydroxyl groups excluding tert-OH is 1. The van der Waals surface area contributed by atoms with Crippen LogP contribution in [0.25, 0.3) is 0 Å². The van der Waals surface area contributed by atoms with E-state index in [4.69, 9.17) is 9.47 Å². The first-order valence-corrected chi connectivity index (χ1v) is 13.7. The zero-order valence-corrected chi connectivity index (χ0v) is 24.6. The van der Waals surface area contributed by atoms with Crippen LogP contribution in [0, 0.1) is 13.8 Å². The van der Waals surface area contributed by atoms with Gasteiger partial charge in [-0.15, -0.1) is 0 Å². The van der Waals surface area contributed by atoms with Gasteiger partial charge in [0.05, 0.1) is 19.6 Å². The molecule has 39 heavy (non-hydrogen) atoms. The number of amides is 3. The van der Waals surface area contributed by atoms with Gasteiger partial charge in [-0.1, -0.05) is 55.5 Å². The highest BCUT2D eigenvalue weighted by Crippen LogP contribution is 2.26. The van der Waals surface area contributed by atoms with E-state index in [0.29, 0.717) is 12.0 Å². The first kappa shape index (κ1) is 33.9. The highest BCUT2D eigenvalue weighted by Gasteiger charge is 2.36. The number of rotatable bonds is 15. The van der Waals surface area contributed by atoms with E-state index >= 15 is 0 Å². The lowest BCUT2D eigenvalue weighted by molar-refractivity contribution is -0.144. The van der Waals surface area contributed by atoms with Gasteiger partial charge in [0.2, 0.25) is 11.8 Å². The summed E-state index contributed by atoms with van der Waals surface area (Å²) in [6, 6.07) is 3.28. The van der Waals surface area contributed by atoms with Crippen molar-refractivity contribution >= 4 is 23.9 Å². The molecule has 2 atom stereocenters. The SMILES string of the molecule is CCCCCCN(C(=O)C(CO)NC(=O)OC(C)(C)C)C(C(=O)NCCC(=O)OCC)c1cc(C)cc(C)c1. The Kier molecular flexibility index (Phi) is 14.5. The maximum absolute atomic E-state index is 13.8. The molecule has 3 N–H and O–H groups in total. The second kappa shape index (κ2) is 16.7. The minimum atomic E-state index is -1.31. The lowest BCUT2D eigenvalue weighted by Crippen LogP contribution is -2.54. The highest BCUT2D eigenvalue weighted by molar-refractivity contribution is 5.92. The fraction of sp³-hybridized carbons (Fsp3) is 0.655. The van der Waals surface area contributed by atoms with Crippen LogP contribution in [-0.2, 0) is 23.9 Å². The molecule has 0 radical (unpaired) electrons. The van der Waals surface area contributed by atoms with Crippen LogP contribution in [0.15, 0.2) is 18.2 Å². The topological polar surface area (TPSA) is 134 Å². The van der Waals surface area contributed by atoms with E-state index in [1.807, 2.05) is 32.0 Å². The molecule has 10 nitrogen and oxygen atoms in total. The fourth-order valence-corrected chi connectivity index (χ4v) is 4.17. The predicted octanol–water partition coefficient (Wildman–Crippen LogP) is 3.71. The van der Waals surface area contributed by atoms with Crippen molar-refractivity contribution in [1.29, 1.82) is 0 Å². The van der Waals surface area contributed by atoms with Gasteiger partial charge in [0.1, 0.15) is 17.7 Å². The number of hydrogen-bond acceptors (Lipinski definition) is 7. The predicted molar refractivity (Wildman–Crippen MR) is 149 cm³/mol. The van der Waals surface area contributed by atoms with Crippen LogP contribution in [0.3, 0.4) is 0 Å². The molecule has 10 heteroatoms. The lowest BCUT2D eigenvalue weighted by Gasteiger charge is -2.34. The average molecular weight is 550 g/mol. The molecule has 0 aliphatic rings. The number of unbranched alkanes of at least 4 members (excludes halogenated alkanes) is 3. The third-order valence-corrected chi connectivity index (χ3v) is 5.76. The standard InChI is InChI=1S/C29H47N3O7/c1-8-10-11-12-15-32(27(36)23(19-33)31-28(37)39-29(5,6)7)25(22-17-20(3)16-21(4)18-22)26(35)30-14-13-24(34)38-9-2/h16-18,23,25,33H,8-15,19H2,1-7H3,(H,30,35)(H,31,37). The van der Waals surface area contributed by atoms with Gasteiger partial charge >= 0.3 is 12.1 Å². The Morgan fingerprint density at radius 2 is 1.64 bits per heavy atom. The monoisotopic (exact) mass is 549 g/mol. The average Bonchev–Trinajstić information content (AvgIpc) is 2.82. The van der Waals surface area contributed by atoms with Crippen LogP contribution < -0.4 is 10.6 Å². The largest absolute Gasteiger partial charge is 0.466 e. The van der Waals surface area contributed by atoms with Gasteiger partial charge in [0.25, 0.3) is 0 Å². The van der Waals surface area contributed by atoms with E-state index in [1.54, 1.807) is 27.7 Å². The van der Waals surface area contributed by atoms with E-state index < -0.39 is 48.2 Å². The number of carbonyl (C=O) groups is 4. The van der Waals surface area contributed by atoms with Crippen molar-refractivity contribution in [3.8, 4) is 0 Å². The molecule has 0 aliphatic carbocycles. The van der Waals surface area contributed by atoms with Crippen molar-refractivity contribution in [2.45, 2.75) is 98.3 Å². The normalized spacial score (nSPS) is 12.7.